The monoisotopic (exact) mass is 245 g/mol. The highest BCUT2D eigenvalue weighted by atomic mass is 16.5. The highest BCUT2D eigenvalue weighted by molar-refractivity contribution is 6.16. The van der Waals surface area contributed by atoms with Gasteiger partial charge in [-0.15, -0.1) is 0 Å². The minimum absolute atomic E-state index is 0.159. The van der Waals surface area contributed by atoms with Gasteiger partial charge < -0.3 is 15.2 Å². The van der Waals surface area contributed by atoms with E-state index >= 15 is 0 Å². The number of hydrogen-bond donors (Lipinski definition) is 2. The molecule has 2 unspecified atom stereocenters. The maximum atomic E-state index is 11.2. The Morgan fingerprint density at radius 3 is 2.94 bits per heavy atom. The van der Waals surface area contributed by atoms with Gasteiger partial charge in [-0.05, 0) is 17.5 Å². The van der Waals surface area contributed by atoms with E-state index in [0.29, 0.717) is 11.5 Å². The summed E-state index contributed by atoms with van der Waals surface area (Å²) in [6.45, 7) is 1.53. The highest BCUT2D eigenvalue weighted by Crippen LogP contribution is 2.36. The highest BCUT2D eigenvalue weighted by Gasteiger charge is 2.32. The lowest BCUT2D eigenvalue weighted by atomic mass is 9.85. The number of carbonyl (C=O) groups is 1. The van der Waals surface area contributed by atoms with E-state index in [2.05, 4.69) is 5.32 Å². The summed E-state index contributed by atoms with van der Waals surface area (Å²) in [5, 5.41) is 12.4. The Bertz CT molecular complexity index is 504. The first-order chi connectivity index (χ1) is 8.77. The summed E-state index contributed by atoms with van der Waals surface area (Å²) in [7, 11) is 0. The molecule has 18 heavy (non-hydrogen) atoms. The minimum Gasteiger partial charge on any atom is -0.478 e. The molecule has 4 heteroatoms. The average Bonchev–Trinajstić information content (AvgIpc) is 2.91. The van der Waals surface area contributed by atoms with E-state index in [1.165, 1.54) is 0 Å². The van der Waals surface area contributed by atoms with Gasteiger partial charge in [-0.3, -0.25) is 0 Å². The molecule has 1 saturated heterocycles. The normalized spacial score (nSPS) is 26.1. The van der Waals surface area contributed by atoms with Crippen LogP contribution in [0, 0.1) is 5.92 Å². The maximum absolute atomic E-state index is 11.2. The molecule has 0 aromatic heterocycles. The minimum atomic E-state index is -0.893. The molecule has 0 amide bonds. The molecule has 0 spiro atoms. The van der Waals surface area contributed by atoms with E-state index in [1.807, 2.05) is 24.3 Å². The van der Waals surface area contributed by atoms with Crippen LogP contribution in [0.15, 0.2) is 30.5 Å². The second-order valence-electron chi connectivity index (χ2n) is 4.72. The number of ether oxygens (including phenoxy) is 1. The van der Waals surface area contributed by atoms with Crippen molar-refractivity contribution < 1.29 is 14.6 Å². The molecule has 1 aromatic carbocycles. The van der Waals surface area contributed by atoms with Crippen LogP contribution in [-0.4, -0.2) is 24.3 Å². The Labute approximate surface area is 105 Å². The summed E-state index contributed by atoms with van der Waals surface area (Å²) >= 11 is 0. The Kier molecular flexibility index (Phi) is 2.80. The van der Waals surface area contributed by atoms with Crippen LogP contribution in [0.5, 0.6) is 0 Å². The topological polar surface area (TPSA) is 58.6 Å². The predicted molar refractivity (Wildman–Crippen MR) is 66.9 cm³/mol. The number of carboxylic acid groups (broad SMARTS) is 1. The Balaban J connectivity index is 2.00. The number of fused-ring (bicyclic) bond motifs is 1. The van der Waals surface area contributed by atoms with E-state index < -0.39 is 5.97 Å². The van der Waals surface area contributed by atoms with E-state index in [-0.39, 0.29) is 6.04 Å². The Hall–Kier alpha value is -1.81. The zero-order valence-electron chi connectivity index (χ0n) is 9.93. The van der Waals surface area contributed by atoms with Gasteiger partial charge in [-0.1, -0.05) is 24.3 Å². The third kappa shape index (κ3) is 1.78. The number of aliphatic carboxylic acids is 1. The molecule has 0 aliphatic carbocycles. The van der Waals surface area contributed by atoms with Crippen molar-refractivity contribution in [3.05, 3.63) is 41.6 Å². The molecule has 4 nitrogen and oxygen atoms in total. The van der Waals surface area contributed by atoms with Gasteiger partial charge in [0.2, 0.25) is 0 Å². The molecule has 1 fully saturated rings. The lowest BCUT2D eigenvalue weighted by Crippen LogP contribution is -2.30. The fourth-order valence-corrected chi connectivity index (χ4v) is 2.74. The Morgan fingerprint density at radius 1 is 1.39 bits per heavy atom. The van der Waals surface area contributed by atoms with Crippen LogP contribution in [0.25, 0.3) is 5.57 Å². The summed E-state index contributed by atoms with van der Waals surface area (Å²) in [6.07, 6.45) is 2.63. The molecule has 0 bridgehead atoms. The van der Waals surface area contributed by atoms with Gasteiger partial charge in [0.15, 0.2) is 0 Å². The molecule has 2 N–H and O–H groups in total. The lowest BCUT2D eigenvalue weighted by molar-refractivity contribution is -0.130. The number of benzene rings is 1. The summed E-state index contributed by atoms with van der Waals surface area (Å²) in [6, 6.07) is 7.86. The molecule has 1 aromatic rings. The fraction of sp³-hybridized carbons (Fsp3) is 0.357. The van der Waals surface area contributed by atoms with E-state index in [1.54, 1.807) is 6.20 Å². The second kappa shape index (κ2) is 4.46. The first-order valence-electron chi connectivity index (χ1n) is 6.14. The molecular formula is C14H15NO3. The summed E-state index contributed by atoms with van der Waals surface area (Å²) in [5.74, 6) is -0.478. The molecule has 0 radical (unpaired) electrons. The van der Waals surface area contributed by atoms with Crippen molar-refractivity contribution in [2.75, 3.05) is 13.2 Å². The number of rotatable bonds is 2. The van der Waals surface area contributed by atoms with Crippen molar-refractivity contribution in [2.45, 2.75) is 12.5 Å². The molecular weight excluding hydrogens is 230 g/mol. The van der Waals surface area contributed by atoms with Crippen LogP contribution in [-0.2, 0) is 9.53 Å². The molecule has 94 valence electrons. The van der Waals surface area contributed by atoms with E-state index in [4.69, 9.17) is 4.74 Å². The summed E-state index contributed by atoms with van der Waals surface area (Å²) in [4.78, 5) is 11.2. The van der Waals surface area contributed by atoms with Gasteiger partial charge >= 0.3 is 5.97 Å². The van der Waals surface area contributed by atoms with Crippen LogP contribution in [0.4, 0.5) is 0 Å². The van der Waals surface area contributed by atoms with Gasteiger partial charge in [0.1, 0.15) is 0 Å². The summed E-state index contributed by atoms with van der Waals surface area (Å²) in [5.41, 5.74) is 2.22. The predicted octanol–water partition coefficient (Wildman–Crippen LogP) is 1.79. The third-order valence-electron chi connectivity index (χ3n) is 3.66. The molecule has 2 aliphatic heterocycles. The molecule has 2 atom stereocenters. The van der Waals surface area contributed by atoms with Gasteiger partial charge in [0, 0.05) is 18.7 Å². The molecule has 2 heterocycles. The lowest BCUT2D eigenvalue weighted by Gasteiger charge is -2.29. The largest absolute Gasteiger partial charge is 0.478 e. The van der Waals surface area contributed by atoms with Crippen LogP contribution >= 0.6 is 0 Å². The van der Waals surface area contributed by atoms with Gasteiger partial charge in [0.05, 0.1) is 18.2 Å². The van der Waals surface area contributed by atoms with Crippen molar-refractivity contribution in [3.8, 4) is 0 Å². The first-order valence-corrected chi connectivity index (χ1v) is 6.14. The van der Waals surface area contributed by atoms with Crippen molar-refractivity contribution in [3.63, 3.8) is 0 Å². The standard InChI is InChI=1S/C14H15NO3/c16-14(17)12-7-15-13(9-5-6-18-8-9)11-4-2-1-3-10(11)12/h1-4,7,9,13,15H,5-6,8H2,(H,16,17). The Morgan fingerprint density at radius 2 is 2.22 bits per heavy atom. The number of hydrogen-bond acceptors (Lipinski definition) is 3. The average molecular weight is 245 g/mol. The van der Waals surface area contributed by atoms with Crippen molar-refractivity contribution >= 4 is 11.5 Å². The molecule has 0 saturated carbocycles. The SMILES string of the molecule is O=C(O)C1=CNC(C2CCOC2)c2ccccc21. The van der Waals surface area contributed by atoms with Gasteiger partial charge in [0.25, 0.3) is 0 Å². The number of nitrogens with one attached hydrogen (secondary N) is 1. The molecule has 2 aliphatic rings. The van der Waals surface area contributed by atoms with Gasteiger partial charge in [-0.25, -0.2) is 4.79 Å². The maximum Gasteiger partial charge on any atom is 0.337 e. The second-order valence-corrected chi connectivity index (χ2v) is 4.72. The number of carboxylic acids is 1. The van der Waals surface area contributed by atoms with Crippen molar-refractivity contribution in [1.29, 1.82) is 0 Å². The smallest absolute Gasteiger partial charge is 0.337 e. The zero-order valence-corrected chi connectivity index (χ0v) is 9.93. The molecule has 3 rings (SSSR count). The third-order valence-corrected chi connectivity index (χ3v) is 3.66. The van der Waals surface area contributed by atoms with Crippen LogP contribution < -0.4 is 5.32 Å². The van der Waals surface area contributed by atoms with Crippen LogP contribution in [0.1, 0.15) is 23.6 Å². The first kappa shape index (κ1) is 11.3. The fourth-order valence-electron chi connectivity index (χ4n) is 2.74. The van der Waals surface area contributed by atoms with E-state index in [9.17, 15) is 9.90 Å². The summed E-state index contributed by atoms with van der Waals surface area (Å²) < 4.78 is 5.42. The van der Waals surface area contributed by atoms with Crippen LogP contribution in [0.3, 0.4) is 0 Å². The van der Waals surface area contributed by atoms with Crippen molar-refractivity contribution in [2.24, 2.45) is 5.92 Å². The quantitative estimate of drug-likeness (QED) is 0.834. The van der Waals surface area contributed by atoms with Gasteiger partial charge in [-0.2, -0.15) is 0 Å². The zero-order chi connectivity index (χ0) is 12.5. The van der Waals surface area contributed by atoms with Crippen LogP contribution in [0.2, 0.25) is 0 Å². The van der Waals surface area contributed by atoms with Crippen molar-refractivity contribution in [1.82, 2.24) is 5.32 Å². The van der Waals surface area contributed by atoms with E-state index in [0.717, 1.165) is 30.8 Å².